The van der Waals surface area contributed by atoms with Gasteiger partial charge < -0.3 is 37.8 Å². The molecule has 12 heteroatoms. The number of nitrogens with zero attached hydrogens (tertiary/aromatic N) is 1. The number of hydrogen-bond donors (Lipinski definition) is 7. The quantitative estimate of drug-likeness (QED) is 0.0644. The smallest absolute Gasteiger partial charge is 0.243 e. The Morgan fingerprint density at radius 1 is 0.804 bits per heavy atom. The van der Waals surface area contributed by atoms with Crippen LogP contribution >= 0.6 is 0 Å². The van der Waals surface area contributed by atoms with Crippen LogP contribution in [0, 0.1) is 5.92 Å². The van der Waals surface area contributed by atoms with Crippen LogP contribution in [-0.2, 0) is 32.0 Å². The van der Waals surface area contributed by atoms with Gasteiger partial charge in [0.2, 0.25) is 23.6 Å². The molecule has 0 spiro atoms. The van der Waals surface area contributed by atoms with Gasteiger partial charge in [-0.2, -0.15) is 0 Å². The van der Waals surface area contributed by atoms with Crippen LogP contribution in [0.4, 0.5) is 0 Å². The monoisotopic (exact) mass is 637 g/mol. The summed E-state index contributed by atoms with van der Waals surface area (Å²) >= 11 is 0. The number of carbonyl (C=O) groups is 4. The minimum atomic E-state index is -1.13. The van der Waals surface area contributed by atoms with Crippen LogP contribution in [-0.4, -0.2) is 72.0 Å². The summed E-state index contributed by atoms with van der Waals surface area (Å²) < 4.78 is 0. The van der Waals surface area contributed by atoms with Crippen molar-refractivity contribution in [3.63, 3.8) is 0 Å². The third kappa shape index (κ3) is 15.5. The molecule has 0 radical (unpaired) electrons. The number of amides is 4. The van der Waals surface area contributed by atoms with Crippen molar-refractivity contribution in [3.05, 3.63) is 71.8 Å². The Labute approximate surface area is 272 Å². The molecule has 0 heterocycles. The van der Waals surface area contributed by atoms with E-state index in [2.05, 4.69) is 26.3 Å². The van der Waals surface area contributed by atoms with Gasteiger partial charge in [-0.15, -0.1) is 0 Å². The summed E-state index contributed by atoms with van der Waals surface area (Å²) in [6.45, 7) is 6.12. The summed E-state index contributed by atoms with van der Waals surface area (Å²) in [5.74, 6) is -1.62. The molecule has 12 nitrogen and oxygen atoms in total. The number of guanidine groups is 1. The summed E-state index contributed by atoms with van der Waals surface area (Å²) in [6, 6.07) is 16.7. The Morgan fingerprint density at radius 3 is 2.00 bits per heavy atom. The number of aryl methyl sites for hydroxylation is 1. The molecule has 0 aliphatic heterocycles. The van der Waals surface area contributed by atoms with E-state index < -0.39 is 36.0 Å². The van der Waals surface area contributed by atoms with E-state index in [-0.39, 0.29) is 49.5 Å². The van der Waals surface area contributed by atoms with Crippen LogP contribution in [0.15, 0.2) is 65.7 Å². The van der Waals surface area contributed by atoms with Gasteiger partial charge in [-0.3, -0.25) is 24.2 Å². The topological polar surface area (TPSA) is 201 Å². The third-order valence-corrected chi connectivity index (χ3v) is 7.32. The highest BCUT2D eigenvalue weighted by Gasteiger charge is 2.29. The van der Waals surface area contributed by atoms with E-state index in [1.807, 2.05) is 74.5 Å². The first-order valence-electron chi connectivity index (χ1n) is 15.9. The highest BCUT2D eigenvalue weighted by atomic mass is 16.3. The fourth-order valence-electron chi connectivity index (χ4n) is 4.84. The second-order valence-electron chi connectivity index (χ2n) is 11.9. The fourth-order valence-corrected chi connectivity index (χ4v) is 4.84. The van der Waals surface area contributed by atoms with Crippen LogP contribution in [0.3, 0.4) is 0 Å². The molecule has 2 aromatic rings. The predicted octanol–water partition coefficient (Wildman–Crippen LogP) is 1.30. The van der Waals surface area contributed by atoms with Crippen molar-refractivity contribution in [2.75, 3.05) is 13.1 Å². The van der Waals surface area contributed by atoms with Crippen molar-refractivity contribution in [1.29, 1.82) is 0 Å². The molecule has 2 aromatic carbocycles. The second-order valence-corrected chi connectivity index (χ2v) is 11.9. The van der Waals surface area contributed by atoms with Crippen molar-refractivity contribution in [2.24, 2.45) is 22.4 Å². The van der Waals surface area contributed by atoms with E-state index in [1.54, 1.807) is 0 Å². The predicted molar refractivity (Wildman–Crippen MR) is 179 cm³/mol. The number of hydrogen-bond acceptors (Lipinski definition) is 6. The van der Waals surface area contributed by atoms with Crippen LogP contribution in [0.25, 0.3) is 0 Å². The summed E-state index contributed by atoms with van der Waals surface area (Å²) in [6.07, 6.45) is 1.15. The maximum absolute atomic E-state index is 13.2. The number of rotatable bonds is 20. The lowest BCUT2D eigenvalue weighted by molar-refractivity contribution is -0.132. The normalized spacial score (nSPS) is 13.5. The Kier molecular flexibility index (Phi) is 16.9. The summed E-state index contributed by atoms with van der Waals surface area (Å²) in [5, 5.41) is 22.0. The van der Waals surface area contributed by atoms with Gasteiger partial charge >= 0.3 is 0 Å². The van der Waals surface area contributed by atoms with Crippen LogP contribution in [0.5, 0.6) is 0 Å². The molecular weight excluding hydrogens is 586 g/mol. The van der Waals surface area contributed by atoms with Gasteiger partial charge in [0.15, 0.2) is 5.96 Å². The van der Waals surface area contributed by atoms with E-state index in [9.17, 15) is 24.3 Å². The summed E-state index contributed by atoms with van der Waals surface area (Å²) in [4.78, 5) is 55.6. The fraction of sp³-hybridized carbons (Fsp3) is 0.500. The molecule has 4 atom stereocenters. The van der Waals surface area contributed by atoms with Gasteiger partial charge in [-0.25, -0.2) is 0 Å². The molecule has 0 fully saturated rings. The highest BCUT2D eigenvalue weighted by Crippen LogP contribution is 2.12. The Hall–Kier alpha value is -4.45. The van der Waals surface area contributed by atoms with E-state index >= 15 is 0 Å². The van der Waals surface area contributed by atoms with E-state index in [4.69, 9.17) is 11.5 Å². The number of aliphatic imine (C=N–C) groups is 1. The lowest BCUT2D eigenvalue weighted by atomic mass is 9.96. The largest absolute Gasteiger partial charge is 0.390 e. The van der Waals surface area contributed by atoms with Gasteiger partial charge in [-0.05, 0) is 56.1 Å². The number of nitrogens with two attached hydrogens (primary N) is 2. The number of aliphatic hydroxyl groups excluding tert-OH is 1. The van der Waals surface area contributed by atoms with Crippen molar-refractivity contribution in [2.45, 2.75) is 89.9 Å². The molecule has 0 aliphatic rings. The van der Waals surface area contributed by atoms with Crippen molar-refractivity contribution < 1.29 is 24.3 Å². The molecule has 252 valence electrons. The van der Waals surface area contributed by atoms with Gasteiger partial charge in [0.05, 0.1) is 18.6 Å². The first-order valence-corrected chi connectivity index (χ1v) is 15.9. The molecule has 0 aliphatic carbocycles. The van der Waals surface area contributed by atoms with Crippen LogP contribution in [0.2, 0.25) is 0 Å². The number of aliphatic hydroxyl groups is 1. The lowest BCUT2D eigenvalue weighted by Crippen LogP contribution is -2.55. The molecule has 0 saturated carbocycles. The maximum Gasteiger partial charge on any atom is 0.243 e. The second kappa shape index (κ2) is 20.6. The number of benzene rings is 2. The van der Waals surface area contributed by atoms with E-state index in [1.165, 1.54) is 6.92 Å². The lowest BCUT2D eigenvalue weighted by Gasteiger charge is -2.28. The zero-order valence-electron chi connectivity index (χ0n) is 27.2. The molecule has 0 aromatic heterocycles. The minimum Gasteiger partial charge on any atom is -0.390 e. The molecule has 2 rings (SSSR count). The molecule has 0 saturated heterocycles. The summed E-state index contributed by atoms with van der Waals surface area (Å²) in [7, 11) is 0. The third-order valence-electron chi connectivity index (χ3n) is 7.32. The first kappa shape index (κ1) is 37.7. The minimum absolute atomic E-state index is 0.0685. The zero-order valence-corrected chi connectivity index (χ0v) is 27.2. The zero-order chi connectivity index (χ0) is 33.9. The first-order chi connectivity index (χ1) is 21.9. The Balaban J connectivity index is 1.95. The van der Waals surface area contributed by atoms with Crippen molar-refractivity contribution in [1.82, 2.24) is 21.3 Å². The van der Waals surface area contributed by atoms with Gasteiger partial charge in [0.25, 0.3) is 0 Å². The SMILES string of the molecule is CC(C)C[C@H](NC(=O)[C@H](C)NC(=O)[C@H](CCCN=C(N)N)NC(=O)CCc1ccccc1)[C@@H](O)CC(=O)NCCc1ccccc1. The maximum atomic E-state index is 13.2. The standard InChI is InChI=1S/C34H51N7O5/c1-23(2)21-28(29(42)22-31(44)37-20-18-26-13-8-5-9-14-26)41-32(45)24(3)39-33(46)27(15-10-19-38-34(35)36)40-30(43)17-16-25-11-6-4-7-12-25/h4-9,11-14,23-24,27-29,42H,10,15-22H2,1-3H3,(H,37,44)(H,39,46)(H,40,43)(H,41,45)(H4,35,36,38)/t24-,27-,28-,29-/m0/s1. The molecule has 0 bridgehead atoms. The van der Waals surface area contributed by atoms with Crippen LogP contribution < -0.4 is 32.7 Å². The van der Waals surface area contributed by atoms with Gasteiger partial charge in [0.1, 0.15) is 12.1 Å². The Bertz CT molecular complexity index is 1250. The number of nitrogens with one attached hydrogen (secondary N) is 4. The van der Waals surface area contributed by atoms with Crippen molar-refractivity contribution in [3.8, 4) is 0 Å². The average Bonchev–Trinajstić information content (AvgIpc) is 3.01. The highest BCUT2D eigenvalue weighted by molar-refractivity contribution is 5.92. The van der Waals surface area contributed by atoms with Crippen LogP contribution in [0.1, 0.15) is 64.0 Å². The molecule has 0 unspecified atom stereocenters. The molecule has 9 N–H and O–H groups in total. The molecular formula is C34H51N7O5. The van der Waals surface area contributed by atoms with Gasteiger partial charge in [0, 0.05) is 19.5 Å². The molecule has 4 amide bonds. The van der Waals surface area contributed by atoms with Gasteiger partial charge in [-0.1, -0.05) is 74.5 Å². The summed E-state index contributed by atoms with van der Waals surface area (Å²) in [5.41, 5.74) is 12.9. The molecule has 46 heavy (non-hydrogen) atoms. The number of carbonyl (C=O) groups excluding carboxylic acids is 4. The van der Waals surface area contributed by atoms with Crippen molar-refractivity contribution >= 4 is 29.6 Å². The van der Waals surface area contributed by atoms with E-state index in [0.29, 0.717) is 32.2 Å². The van der Waals surface area contributed by atoms with E-state index in [0.717, 1.165) is 11.1 Å². The average molecular weight is 638 g/mol. The Morgan fingerprint density at radius 2 is 1.41 bits per heavy atom.